The van der Waals surface area contributed by atoms with Gasteiger partial charge in [0.25, 0.3) is 0 Å². The molecule has 0 aliphatic carbocycles. The summed E-state index contributed by atoms with van der Waals surface area (Å²) in [6.07, 6.45) is 2.17. The number of nitrogens with one attached hydrogen (secondary N) is 1. The van der Waals surface area contributed by atoms with E-state index < -0.39 is 5.41 Å². The van der Waals surface area contributed by atoms with Crippen molar-refractivity contribution in [2.24, 2.45) is 5.41 Å². The third-order valence-corrected chi connectivity index (χ3v) is 5.17. The number of hydrogen-bond acceptors (Lipinski definition) is 7. The Balaban J connectivity index is 1.77. The third kappa shape index (κ3) is 5.08. The number of halogens is 1. The maximum Gasteiger partial charge on any atom is 0.311 e. The molecule has 0 saturated heterocycles. The fraction of sp³-hybridized carbons (Fsp3) is 0.250. The number of pyridine rings is 1. The van der Waals surface area contributed by atoms with Gasteiger partial charge in [0.1, 0.15) is 5.75 Å². The quantitative estimate of drug-likeness (QED) is 0.463. The van der Waals surface area contributed by atoms with E-state index in [1.165, 1.54) is 18.4 Å². The molecule has 6 nitrogen and oxygen atoms in total. The monoisotopic (exact) mass is 461 g/mol. The van der Waals surface area contributed by atoms with E-state index >= 15 is 0 Å². The third-order valence-electron chi connectivity index (χ3n) is 3.93. The van der Waals surface area contributed by atoms with E-state index in [9.17, 15) is 4.79 Å². The summed E-state index contributed by atoms with van der Waals surface area (Å²) in [7, 11) is 1.39. The number of thiazole rings is 1. The van der Waals surface area contributed by atoms with Gasteiger partial charge in [-0.25, -0.2) is 9.97 Å². The van der Waals surface area contributed by atoms with Crippen molar-refractivity contribution in [2.45, 2.75) is 20.3 Å². The minimum atomic E-state index is -0.641. The lowest BCUT2D eigenvalue weighted by Crippen LogP contribution is -2.28. The average molecular weight is 462 g/mol. The van der Waals surface area contributed by atoms with Gasteiger partial charge in [0, 0.05) is 28.5 Å². The van der Waals surface area contributed by atoms with E-state index in [4.69, 9.17) is 9.47 Å². The van der Waals surface area contributed by atoms with Crippen LogP contribution in [0, 0.1) is 5.41 Å². The van der Waals surface area contributed by atoms with Crippen molar-refractivity contribution in [3.05, 3.63) is 58.1 Å². The first-order valence-corrected chi connectivity index (χ1v) is 10.2. The lowest BCUT2D eigenvalue weighted by Gasteiger charge is -2.19. The highest BCUT2D eigenvalue weighted by atomic mass is 79.9. The van der Waals surface area contributed by atoms with E-state index in [0.717, 1.165) is 10.2 Å². The number of carbonyl (C=O) groups is 1. The van der Waals surface area contributed by atoms with Crippen LogP contribution in [-0.4, -0.2) is 23.0 Å². The summed E-state index contributed by atoms with van der Waals surface area (Å²) in [5.41, 5.74) is 0.169. The Labute approximate surface area is 176 Å². The Kier molecular flexibility index (Phi) is 6.31. The second kappa shape index (κ2) is 8.70. The summed E-state index contributed by atoms with van der Waals surface area (Å²) in [6.45, 7) is 3.68. The Morgan fingerprint density at radius 1 is 1.29 bits per heavy atom. The molecule has 0 atom stereocenters. The Bertz CT molecular complexity index is 960. The SMILES string of the molecule is COC(=O)C(C)(C)Cc1csc(Nc2ncc(Br)cc2Oc2ccccc2)n1. The van der Waals surface area contributed by atoms with Crippen molar-refractivity contribution >= 4 is 44.2 Å². The Hall–Kier alpha value is -2.45. The molecule has 1 N–H and O–H groups in total. The van der Waals surface area contributed by atoms with E-state index in [-0.39, 0.29) is 5.97 Å². The number of methoxy groups -OCH3 is 1. The highest BCUT2D eigenvalue weighted by Gasteiger charge is 2.30. The number of nitrogens with zero attached hydrogens (tertiary/aromatic N) is 2. The molecule has 8 heteroatoms. The minimum Gasteiger partial charge on any atom is -0.469 e. The van der Waals surface area contributed by atoms with Crippen molar-refractivity contribution < 1.29 is 14.3 Å². The zero-order valence-electron chi connectivity index (χ0n) is 15.7. The molecule has 0 saturated carbocycles. The van der Waals surface area contributed by atoms with Gasteiger partial charge in [-0.2, -0.15) is 0 Å². The number of benzene rings is 1. The highest BCUT2D eigenvalue weighted by molar-refractivity contribution is 9.10. The highest BCUT2D eigenvalue weighted by Crippen LogP contribution is 2.33. The summed E-state index contributed by atoms with van der Waals surface area (Å²) in [6, 6.07) is 11.3. The summed E-state index contributed by atoms with van der Waals surface area (Å²) < 4.78 is 11.6. The van der Waals surface area contributed by atoms with E-state index in [1.54, 1.807) is 6.20 Å². The smallest absolute Gasteiger partial charge is 0.311 e. The number of carbonyl (C=O) groups excluding carboxylic acids is 1. The van der Waals surface area contributed by atoms with Crippen molar-refractivity contribution in [3.63, 3.8) is 0 Å². The molecule has 0 amide bonds. The summed E-state index contributed by atoms with van der Waals surface area (Å²) in [4.78, 5) is 20.9. The van der Waals surface area contributed by atoms with E-state index in [0.29, 0.717) is 28.9 Å². The molecule has 0 radical (unpaired) electrons. The van der Waals surface area contributed by atoms with Crippen LogP contribution >= 0.6 is 27.3 Å². The van der Waals surface area contributed by atoms with Gasteiger partial charge >= 0.3 is 5.97 Å². The van der Waals surface area contributed by atoms with Gasteiger partial charge in [-0.3, -0.25) is 4.79 Å². The molecular formula is C20H20BrN3O3S. The van der Waals surface area contributed by atoms with Crippen LogP contribution in [0.1, 0.15) is 19.5 Å². The number of ether oxygens (including phenoxy) is 2. The van der Waals surface area contributed by atoms with Crippen LogP contribution in [0.4, 0.5) is 10.9 Å². The lowest BCUT2D eigenvalue weighted by atomic mass is 9.88. The first-order chi connectivity index (χ1) is 13.4. The van der Waals surface area contributed by atoms with Crippen molar-refractivity contribution in [3.8, 4) is 11.5 Å². The molecule has 0 fully saturated rings. The molecule has 0 bridgehead atoms. The van der Waals surface area contributed by atoms with Gasteiger partial charge in [-0.15, -0.1) is 11.3 Å². The van der Waals surface area contributed by atoms with Gasteiger partial charge in [0.2, 0.25) is 0 Å². The number of aromatic nitrogens is 2. The van der Waals surface area contributed by atoms with Gasteiger partial charge in [0.05, 0.1) is 18.2 Å². The van der Waals surface area contributed by atoms with E-state index in [1.807, 2.05) is 55.6 Å². The van der Waals surface area contributed by atoms with E-state index in [2.05, 4.69) is 31.2 Å². The van der Waals surface area contributed by atoms with Crippen LogP contribution < -0.4 is 10.1 Å². The largest absolute Gasteiger partial charge is 0.469 e. The first kappa shape index (κ1) is 20.3. The topological polar surface area (TPSA) is 73.3 Å². The maximum absolute atomic E-state index is 11.9. The number of anilines is 2. The lowest BCUT2D eigenvalue weighted by molar-refractivity contribution is -0.150. The van der Waals surface area contributed by atoms with Crippen LogP contribution in [0.5, 0.6) is 11.5 Å². The summed E-state index contributed by atoms with van der Waals surface area (Å²) in [5.74, 6) is 1.58. The first-order valence-electron chi connectivity index (χ1n) is 8.56. The molecule has 28 heavy (non-hydrogen) atoms. The minimum absolute atomic E-state index is 0.261. The van der Waals surface area contributed by atoms with Crippen LogP contribution in [-0.2, 0) is 16.0 Å². The molecule has 146 valence electrons. The second-order valence-corrected chi connectivity index (χ2v) is 8.51. The molecule has 2 heterocycles. The molecule has 0 unspecified atom stereocenters. The molecule has 0 aliphatic rings. The van der Waals surface area contributed by atoms with Gasteiger partial charge in [0.15, 0.2) is 16.7 Å². The average Bonchev–Trinajstić information content (AvgIpc) is 3.10. The summed E-state index contributed by atoms with van der Waals surface area (Å²) >= 11 is 4.87. The number of para-hydroxylation sites is 1. The summed E-state index contributed by atoms with van der Waals surface area (Å²) in [5, 5.41) is 5.79. The number of rotatable bonds is 7. The molecular weight excluding hydrogens is 442 g/mol. The Morgan fingerprint density at radius 3 is 2.75 bits per heavy atom. The molecule has 3 rings (SSSR count). The standard InChI is InChI=1S/C20H20BrN3O3S/c1-20(2,18(25)26-3)10-14-12-28-19(23-14)24-17-16(9-13(21)11-22-17)27-15-7-5-4-6-8-15/h4-9,11-12H,10H2,1-3H3,(H,22,23,24). The molecule has 2 aromatic heterocycles. The number of esters is 1. The predicted octanol–water partition coefficient (Wildman–Crippen LogP) is 5.58. The zero-order chi connectivity index (χ0) is 20.1. The number of hydrogen-bond donors (Lipinski definition) is 1. The van der Waals surface area contributed by atoms with Crippen molar-refractivity contribution in [2.75, 3.05) is 12.4 Å². The molecule has 3 aromatic rings. The van der Waals surface area contributed by atoms with Crippen LogP contribution in [0.2, 0.25) is 0 Å². The van der Waals surface area contributed by atoms with Crippen molar-refractivity contribution in [1.29, 1.82) is 0 Å². The zero-order valence-corrected chi connectivity index (χ0v) is 18.1. The second-order valence-electron chi connectivity index (χ2n) is 6.74. The predicted molar refractivity (Wildman–Crippen MR) is 113 cm³/mol. The van der Waals surface area contributed by atoms with Crippen molar-refractivity contribution in [1.82, 2.24) is 9.97 Å². The van der Waals surface area contributed by atoms with Crippen LogP contribution in [0.3, 0.4) is 0 Å². The normalized spacial score (nSPS) is 11.1. The fourth-order valence-corrected chi connectivity index (χ4v) is 3.58. The van der Waals surface area contributed by atoms with Gasteiger partial charge in [-0.1, -0.05) is 18.2 Å². The van der Waals surface area contributed by atoms with Crippen LogP contribution in [0.25, 0.3) is 0 Å². The van der Waals surface area contributed by atoms with Gasteiger partial charge in [-0.05, 0) is 41.9 Å². The maximum atomic E-state index is 11.9. The van der Waals surface area contributed by atoms with Gasteiger partial charge < -0.3 is 14.8 Å². The van der Waals surface area contributed by atoms with Crippen LogP contribution in [0.15, 0.2) is 52.4 Å². The molecule has 1 aromatic carbocycles. The Morgan fingerprint density at radius 2 is 2.04 bits per heavy atom. The molecule has 0 aliphatic heterocycles. The fourth-order valence-electron chi connectivity index (χ4n) is 2.56. The molecule has 0 spiro atoms.